The lowest BCUT2D eigenvalue weighted by Crippen LogP contribution is -2.25. The summed E-state index contributed by atoms with van der Waals surface area (Å²) in [5, 5.41) is 12.2. The first kappa shape index (κ1) is 23.7. The molecular weight excluding hydrogens is 460 g/mol. The van der Waals surface area contributed by atoms with Crippen LogP contribution in [0.2, 0.25) is 5.15 Å². The summed E-state index contributed by atoms with van der Waals surface area (Å²) in [6.45, 7) is -0.948. The van der Waals surface area contributed by atoms with Crippen LogP contribution >= 0.6 is 11.6 Å². The van der Waals surface area contributed by atoms with Crippen LogP contribution in [0.1, 0.15) is 15.9 Å². The van der Waals surface area contributed by atoms with Gasteiger partial charge in [0.05, 0.1) is 22.6 Å². The van der Waals surface area contributed by atoms with E-state index in [0.29, 0.717) is 12.1 Å². The number of benzene rings is 1. The fraction of sp³-hybridized carbons (Fsp3) is 0.176. The van der Waals surface area contributed by atoms with Crippen molar-refractivity contribution in [2.45, 2.75) is 6.18 Å². The standard InChI is InChI=1S/C17H8ClF6N3O4/c18-11-5-8(17(22,23)24)6-12(26-11)31-4-2-1-3-25-16(28)9-7-10(27(29)30)14(20)15(21)13(9)19/h5-7H,3-4H2,(H,25,28). The fourth-order valence-corrected chi connectivity index (χ4v) is 2.24. The molecule has 2 aromatic rings. The first-order chi connectivity index (χ1) is 14.4. The minimum Gasteiger partial charge on any atom is -0.464 e. The zero-order chi connectivity index (χ0) is 23.3. The monoisotopic (exact) mass is 467 g/mol. The normalized spacial score (nSPS) is 10.8. The Balaban J connectivity index is 1.98. The van der Waals surface area contributed by atoms with Gasteiger partial charge in [-0.05, 0) is 6.07 Å². The number of nitro benzene ring substituents is 1. The van der Waals surface area contributed by atoms with E-state index >= 15 is 0 Å². The van der Waals surface area contributed by atoms with Crippen molar-refractivity contribution in [3.8, 4) is 17.7 Å². The Kier molecular flexibility index (Phi) is 7.29. The highest BCUT2D eigenvalue weighted by Gasteiger charge is 2.32. The van der Waals surface area contributed by atoms with Gasteiger partial charge >= 0.3 is 11.9 Å². The molecule has 0 unspecified atom stereocenters. The molecule has 31 heavy (non-hydrogen) atoms. The number of pyridine rings is 1. The largest absolute Gasteiger partial charge is 0.464 e. The van der Waals surface area contributed by atoms with Crippen molar-refractivity contribution in [1.29, 1.82) is 0 Å². The molecule has 0 saturated carbocycles. The van der Waals surface area contributed by atoms with E-state index in [0.717, 1.165) is 0 Å². The van der Waals surface area contributed by atoms with Crippen molar-refractivity contribution < 1.29 is 40.8 Å². The van der Waals surface area contributed by atoms with Crippen molar-refractivity contribution >= 4 is 23.2 Å². The number of nitro groups is 1. The number of nitrogens with one attached hydrogen (secondary N) is 1. The first-order valence-electron chi connectivity index (χ1n) is 7.85. The molecule has 7 nitrogen and oxygen atoms in total. The van der Waals surface area contributed by atoms with Gasteiger partial charge in [0.1, 0.15) is 5.15 Å². The molecule has 1 heterocycles. The van der Waals surface area contributed by atoms with Crippen LogP contribution in [-0.2, 0) is 6.18 Å². The van der Waals surface area contributed by atoms with E-state index in [9.17, 15) is 41.3 Å². The molecular formula is C17H8ClF6N3O4. The quantitative estimate of drug-likeness (QED) is 0.180. The Labute approximate surface area is 174 Å². The molecule has 0 radical (unpaired) electrons. The molecule has 2 rings (SSSR count). The van der Waals surface area contributed by atoms with Gasteiger partial charge in [0.25, 0.3) is 5.91 Å². The van der Waals surface area contributed by atoms with Crippen molar-refractivity contribution in [3.63, 3.8) is 0 Å². The van der Waals surface area contributed by atoms with E-state index in [1.165, 1.54) is 0 Å². The molecule has 0 aliphatic rings. The molecule has 0 aliphatic carbocycles. The summed E-state index contributed by atoms with van der Waals surface area (Å²) in [5.74, 6) is -3.37. The number of amides is 1. The number of alkyl halides is 3. The number of hydrogen-bond donors (Lipinski definition) is 1. The summed E-state index contributed by atoms with van der Waals surface area (Å²) in [6.07, 6.45) is -4.68. The maximum atomic E-state index is 13.7. The highest BCUT2D eigenvalue weighted by molar-refractivity contribution is 6.29. The Morgan fingerprint density at radius 1 is 1.16 bits per heavy atom. The number of halogens is 7. The molecule has 1 aromatic heterocycles. The van der Waals surface area contributed by atoms with Crippen molar-refractivity contribution in [2.24, 2.45) is 0 Å². The topological polar surface area (TPSA) is 94.4 Å². The second-order valence-corrected chi connectivity index (χ2v) is 5.87. The molecule has 1 aromatic carbocycles. The summed E-state index contributed by atoms with van der Waals surface area (Å²) in [7, 11) is 0. The van der Waals surface area contributed by atoms with Crippen molar-refractivity contribution in [1.82, 2.24) is 10.3 Å². The Morgan fingerprint density at radius 3 is 2.45 bits per heavy atom. The summed E-state index contributed by atoms with van der Waals surface area (Å²) < 4.78 is 83.3. The molecule has 0 spiro atoms. The highest BCUT2D eigenvalue weighted by atomic mass is 35.5. The van der Waals surface area contributed by atoms with Gasteiger partial charge in [-0.15, -0.1) is 0 Å². The lowest BCUT2D eigenvalue weighted by Gasteiger charge is -2.08. The van der Waals surface area contributed by atoms with Gasteiger partial charge in [0.2, 0.25) is 17.5 Å². The predicted octanol–water partition coefficient (Wildman–Crippen LogP) is 3.89. The third-order valence-corrected chi connectivity index (χ3v) is 3.62. The van der Waals surface area contributed by atoms with Crippen LogP contribution in [0, 0.1) is 39.4 Å². The number of rotatable bonds is 5. The molecule has 1 N–H and O–H groups in total. The van der Waals surface area contributed by atoms with Crippen LogP contribution in [0.5, 0.6) is 5.88 Å². The molecule has 14 heteroatoms. The summed E-state index contributed by atoms with van der Waals surface area (Å²) in [6, 6.07) is 1.41. The number of carbonyl (C=O) groups excluding carboxylic acids is 1. The fourth-order valence-electron chi connectivity index (χ4n) is 2.04. The van der Waals surface area contributed by atoms with Crippen molar-refractivity contribution in [2.75, 3.05) is 13.2 Å². The second kappa shape index (κ2) is 9.52. The average molecular weight is 468 g/mol. The molecule has 0 saturated heterocycles. The average Bonchev–Trinajstić information content (AvgIpc) is 2.67. The summed E-state index contributed by atoms with van der Waals surface area (Å²) in [4.78, 5) is 24.7. The van der Waals surface area contributed by atoms with Gasteiger partial charge < -0.3 is 10.1 Å². The zero-order valence-corrected chi connectivity index (χ0v) is 15.6. The lowest BCUT2D eigenvalue weighted by atomic mass is 10.1. The number of nitrogens with zero attached hydrogens (tertiary/aromatic N) is 2. The minimum atomic E-state index is -4.68. The highest BCUT2D eigenvalue weighted by Crippen LogP contribution is 2.32. The maximum Gasteiger partial charge on any atom is 0.416 e. The molecule has 0 fully saturated rings. The molecule has 0 atom stereocenters. The van der Waals surface area contributed by atoms with Gasteiger partial charge in [-0.2, -0.15) is 17.6 Å². The van der Waals surface area contributed by atoms with Gasteiger partial charge in [0, 0.05) is 12.1 Å². The van der Waals surface area contributed by atoms with Crippen LogP contribution in [0.3, 0.4) is 0 Å². The Hall–Kier alpha value is -3.53. The van der Waals surface area contributed by atoms with Crippen molar-refractivity contribution in [3.05, 3.63) is 62.0 Å². The zero-order valence-electron chi connectivity index (χ0n) is 14.8. The predicted molar refractivity (Wildman–Crippen MR) is 92.8 cm³/mol. The van der Waals surface area contributed by atoms with Crippen LogP contribution in [-0.4, -0.2) is 29.0 Å². The second-order valence-electron chi connectivity index (χ2n) is 5.48. The van der Waals surface area contributed by atoms with E-state index in [1.54, 1.807) is 0 Å². The lowest BCUT2D eigenvalue weighted by molar-refractivity contribution is -0.387. The van der Waals surface area contributed by atoms with E-state index in [-0.39, 0.29) is 6.07 Å². The van der Waals surface area contributed by atoms with E-state index in [4.69, 9.17) is 16.3 Å². The first-order valence-corrected chi connectivity index (χ1v) is 8.23. The van der Waals surface area contributed by atoms with Crippen LogP contribution in [0.4, 0.5) is 32.0 Å². The van der Waals surface area contributed by atoms with E-state index in [2.05, 4.69) is 16.8 Å². The third kappa shape index (κ3) is 5.98. The Bertz CT molecular complexity index is 1100. The van der Waals surface area contributed by atoms with Gasteiger partial charge in [-0.3, -0.25) is 14.9 Å². The molecule has 0 bridgehead atoms. The smallest absolute Gasteiger partial charge is 0.416 e. The number of hydrogen-bond acceptors (Lipinski definition) is 5. The number of aromatic nitrogens is 1. The minimum absolute atomic E-state index is 0.225. The molecule has 1 amide bonds. The molecule has 0 aliphatic heterocycles. The van der Waals surface area contributed by atoms with E-state index < -0.39 is 75.5 Å². The summed E-state index contributed by atoms with van der Waals surface area (Å²) in [5.41, 5.74) is -3.65. The van der Waals surface area contributed by atoms with Gasteiger partial charge in [-0.25, -0.2) is 13.8 Å². The molecule has 164 valence electrons. The van der Waals surface area contributed by atoms with Crippen LogP contribution < -0.4 is 10.1 Å². The summed E-state index contributed by atoms with van der Waals surface area (Å²) >= 11 is 5.48. The number of ether oxygens (including phenoxy) is 1. The Morgan fingerprint density at radius 2 is 1.84 bits per heavy atom. The van der Waals surface area contributed by atoms with Gasteiger partial charge in [0.15, 0.2) is 12.4 Å². The van der Waals surface area contributed by atoms with Crippen LogP contribution in [0.25, 0.3) is 0 Å². The van der Waals surface area contributed by atoms with Gasteiger partial charge in [-0.1, -0.05) is 23.4 Å². The maximum absolute atomic E-state index is 13.7. The van der Waals surface area contributed by atoms with Crippen LogP contribution in [0.15, 0.2) is 18.2 Å². The SMILES string of the molecule is O=C(NCC#CCOc1cc(C(F)(F)F)cc(Cl)n1)c1cc([N+](=O)[O-])c(F)c(F)c1F. The van der Waals surface area contributed by atoms with E-state index in [1.807, 2.05) is 5.32 Å². The number of carbonyl (C=O) groups is 1. The third-order valence-electron chi connectivity index (χ3n) is 3.42.